The molecule has 0 atom stereocenters. The average molecular weight is 333 g/mol. The van der Waals surface area contributed by atoms with Crippen LogP contribution >= 0.6 is 0 Å². The van der Waals surface area contributed by atoms with Gasteiger partial charge in [-0.2, -0.15) is 0 Å². The fraction of sp³-hybridized carbons (Fsp3) is 0.625. The van der Waals surface area contributed by atoms with Gasteiger partial charge in [0, 0.05) is 6.54 Å². The molecule has 1 N–H and O–H groups in total. The third-order valence-electron chi connectivity index (χ3n) is 3.52. The molecule has 1 rings (SSSR count). The Morgan fingerprint density at radius 1 is 0.909 bits per heavy atom. The minimum Gasteiger partial charge on any atom is -0.211 e. The Morgan fingerprint density at radius 2 is 1.50 bits per heavy atom. The van der Waals surface area contributed by atoms with Gasteiger partial charge in [-0.3, -0.25) is 0 Å². The van der Waals surface area contributed by atoms with E-state index in [1.807, 2.05) is 0 Å². The molecule has 22 heavy (non-hydrogen) atoms. The van der Waals surface area contributed by atoms with E-state index in [1.54, 1.807) is 0 Å². The van der Waals surface area contributed by atoms with Crippen LogP contribution in [-0.4, -0.2) is 15.0 Å². The van der Waals surface area contributed by atoms with Crippen LogP contribution in [0.15, 0.2) is 23.1 Å². The smallest absolute Gasteiger partial charge is 0.211 e. The van der Waals surface area contributed by atoms with Gasteiger partial charge in [0.25, 0.3) is 0 Å². The summed E-state index contributed by atoms with van der Waals surface area (Å²) in [6.45, 7) is 2.50. The number of benzene rings is 1. The Labute approximate surface area is 132 Å². The van der Waals surface area contributed by atoms with Crippen molar-refractivity contribution in [1.82, 2.24) is 4.72 Å². The van der Waals surface area contributed by atoms with Gasteiger partial charge < -0.3 is 0 Å². The highest BCUT2D eigenvalue weighted by Crippen LogP contribution is 2.14. The van der Waals surface area contributed by atoms with Gasteiger partial charge in [-0.15, -0.1) is 0 Å². The highest BCUT2D eigenvalue weighted by Gasteiger charge is 2.15. The fourth-order valence-corrected chi connectivity index (χ4v) is 3.28. The van der Waals surface area contributed by atoms with Gasteiger partial charge in [0.1, 0.15) is 0 Å². The molecule has 3 nitrogen and oxygen atoms in total. The van der Waals surface area contributed by atoms with Crippen LogP contribution < -0.4 is 4.72 Å². The van der Waals surface area contributed by atoms with Crippen LogP contribution in [0.25, 0.3) is 0 Å². The predicted octanol–water partition coefficient (Wildman–Crippen LogP) is 4.38. The minimum atomic E-state index is -3.76. The van der Waals surface area contributed by atoms with E-state index in [9.17, 15) is 17.2 Å². The molecule has 0 fully saturated rings. The second-order valence-electron chi connectivity index (χ2n) is 5.45. The Bertz CT molecular complexity index is 547. The van der Waals surface area contributed by atoms with Crippen LogP contribution in [0.2, 0.25) is 0 Å². The number of unbranched alkanes of at least 4 members (excludes halogenated alkanes) is 7. The largest absolute Gasteiger partial charge is 0.240 e. The zero-order valence-corrected chi connectivity index (χ0v) is 13.9. The van der Waals surface area contributed by atoms with Gasteiger partial charge in [-0.05, 0) is 24.6 Å². The van der Waals surface area contributed by atoms with Gasteiger partial charge >= 0.3 is 0 Å². The topological polar surface area (TPSA) is 46.2 Å². The molecule has 0 saturated carbocycles. The zero-order valence-electron chi connectivity index (χ0n) is 13.1. The summed E-state index contributed by atoms with van der Waals surface area (Å²) in [5.74, 6) is -2.21. The molecule has 0 bridgehead atoms. The van der Waals surface area contributed by atoms with Crippen LogP contribution in [0.1, 0.15) is 58.3 Å². The van der Waals surface area contributed by atoms with Crippen molar-refractivity contribution < 1.29 is 17.2 Å². The zero-order chi connectivity index (χ0) is 16.4. The Hall–Kier alpha value is -1.01. The molecule has 0 aliphatic carbocycles. The molecule has 0 aliphatic rings. The first-order valence-corrected chi connectivity index (χ1v) is 9.40. The lowest BCUT2D eigenvalue weighted by Crippen LogP contribution is -2.25. The highest BCUT2D eigenvalue weighted by molar-refractivity contribution is 7.89. The summed E-state index contributed by atoms with van der Waals surface area (Å²) in [5, 5.41) is 0. The second kappa shape index (κ2) is 9.90. The standard InChI is InChI=1S/C16H25F2NO2S/c1-2-3-4-5-6-7-8-9-12-19-22(20,21)14-10-11-15(17)16(18)13-14/h10-11,13,19H,2-9,12H2,1H3. The van der Waals surface area contributed by atoms with E-state index in [4.69, 9.17) is 0 Å². The molecule has 1 aromatic rings. The monoisotopic (exact) mass is 333 g/mol. The summed E-state index contributed by atoms with van der Waals surface area (Å²) >= 11 is 0. The van der Waals surface area contributed by atoms with Crippen molar-refractivity contribution in [2.75, 3.05) is 6.54 Å². The van der Waals surface area contributed by atoms with Gasteiger partial charge in [0.15, 0.2) is 11.6 Å². The molecular weight excluding hydrogens is 308 g/mol. The van der Waals surface area contributed by atoms with Gasteiger partial charge in [0.05, 0.1) is 4.90 Å². The first-order valence-electron chi connectivity index (χ1n) is 7.92. The number of rotatable bonds is 11. The first kappa shape index (κ1) is 19.0. The number of halogens is 2. The molecule has 0 spiro atoms. The van der Waals surface area contributed by atoms with E-state index in [1.165, 1.54) is 32.1 Å². The minimum absolute atomic E-state index is 0.244. The Morgan fingerprint density at radius 3 is 2.09 bits per heavy atom. The lowest BCUT2D eigenvalue weighted by molar-refractivity contribution is 0.504. The van der Waals surface area contributed by atoms with E-state index < -0.39 is 21.7 Å². The van der Waals surface area contributed by atoms with E-state index in [2.05, 4.69) is 11.6 Å². The van der Waals surface area contributed by atoms with Gasteiger partial charge in [-0.1, -0.05) is 51.9 Å². The third-order valence-corrected chi connectivity index (χ3v) is 4.98. The van der Waals surface area contributed by atoms with Crippen LogP contribution in [0, 0.1) is 11.6 Å². The molecule has 0 aliphatic heterocycles. The van der Waals surface area contributed by atoms with E-state index >= 15 is 0 Å². The summed E-state index contributed by atoms with van der Waals surface area (Å²) in [7, 11) is -3.76. The van der Waals surface area contributed by atoms with Crippen molar-refractivity contribution in [3.8, 4) is 0 Å². The van der Waals surface area contributed by atoms with E-state index in [0.717, 1.165) is 31.4 Å². The molecule has 6 heteroatoms. The van der Waals surface area contributed by atoms with Gasteiger partial charge in [0.2, 0.25) is 10.0 Å². The maximum Gasteiger partial charge on any atom is 0.240 e. The van der Waals surface area contributed by atoms with Gasteiger partial charge in [-0.25, -0.2) is 21.9 Å². The number of sulfonamides is 1. The molecule has 0 saturated heterocycles. The average Bonchev–Trinajstić information content (AvgIpc) is 2.48. The second-order valence-corrected chi connectivity index (χ2v) is 7.22. The molecule has 0 amide bonds. The summed E-state index contributed by atoms with van der Waals surface area (Å²) < 4.78 is 52.1. The summed E-state index contributed by atoms with van der Waals surface area (Å²) in [4.78, 5) is -0.244. The van der Waals surface area contributed by atoms with E-state index in [0.29, 0.717) is 12.6 Å². The van der Waals surface area contributed by atoms with Crippen molar-refractivity contribution in [2.45, 2.75) is 63.2 Å². The maximum atomic E-state index is 13.1. The van der Waals surface area contributed by atoms with Crippen molar-refractivity contribution in [3.05, 3.63) is 29.8 Å². The Kier molecular flexibility index (Phi) is 8.56. The summed E-state index contributed by atoms with van der Waals surface area (Å²) in [6, 6.07) is 2.58. The van der Waals surface area contributed by atoms with Crippen LogP contribution in [0.3, 0.4) is 0 Å². The fourth-order valence-electron chi connectivity index (χ4n) is 2.19. The molecule has 0 heterocycles. The van der Waals surface area contributed by atoms with Crippen molar-refractivity contribution in [3.63, 3.8) is 0 Å². The van der Waals surface area contributed by atoms with Crippen LogP contribution in [0.4, 0.5) is 8.78 Å². The molecule has 0 radical (unpaired) electrons. The molecular formula is C16H25F2NO2S. The normalized spacial score (nSPS) is 11.8. The molecule has 0 unspecified atom stereocenters. The summed E-state index contributed by atoms with van der Waals surface area (Å²) in [5.41, 5.74) is 0. The SMILES string of the molecule is CCCCCCCCCCNS(=O)(=O)c1ccc(F)c(F)c1. The number of hydrogen-bond donors (Lipinski definition) is 1. The van der Waals surface area contributed by atoms with Crippen molar-refractivity contribution in [2.24, 2.45) is 0 Å². The van der Waals surface area contributed by atoms with Crippen molar-refractivity contribution >= 4 is 10.0 Å². The molecule has 0 aromatic heterocycles. The van der Waals surface area contributed by atoms with Crippen LogP contribution in [0.5, 0.6) is 0 Å². The lowest BCUT2D eigenvalue weighted by atomic mass is 10.1. The first-order chi connectivity index (χ1) is 10.5. The quantitative estimate of drug-likeness (QED) is 0.611. The lowest BCUT2D eigenvalue weighted by Gasteiger charge is -2.07. The third kappa shape index (κ3) is 6.83. The highest BCUT2D eigenvalue weighted by atomic mass is 32.2. The Balaban J connectivity index is 2.24. The van der Waals surface area contributed by atoms with Crippen molar-refractivity contribution in [1.29, 1.82) is 0 Å². The summed E-state index contributed by atoms with van der Waals surface area (Å²) in [6.07, 6.45) is 8.98. The maximum absolute atomic E-state index is 13.1. The van der Waals surface area contributed by atoms with Crippen LogP contribution in [-0.2, 0) is 10.0 Å². The van der Waals surface area contributed by atoms with E-state index in [-0.39, 0.29) is 4.90 Å². The number of nitrogens with one attached hydrogen (secondary N) is 1. The molecule has 126 valence electrons. The predicted molar refractivity (Wildman–Crippen MR) is 84.2 cm³/mol. The molecule has 1 aromatic carbocycles. The number of hydrogen-bond acceptors (Lipinski definition) is 2.